The molecule has 0 radical (unpaired) electrons. The fourth-order valence-electron chi connectivity index (χ4n) is 4.14. The van der Waals surface area contributed by atoms with E-state index in [1.165, 1.54) is 0 Å². The molecule has 2 aromatic heterocycles. The molecule has 0 bridgehead atoms. The van der Waals surface area contributed by atoms with E-state index in [1.807, 2.05) is 35.7 Å². The molecule has 0 atom stereocenters. The third kappa shape index (κ3) is 4.07. The molecular formula is C21H28N4O4. The first-order valence-electron chi connectivity index (χ1n) is 10.3. The number of piperidine rings is 1. The van der Waals surface area contributed by atoms with E-state index < -0.39 is 5.60 Å². The molecule has 2 fully saturated rings. The first kappa shape index (κ1) is 19.7. The highest BCUT2D eigenvalue weighted by molar-refractivity contribution is 5.93. The first-order valence-corrected chi connectivity index (χ1v) is 10.3. The van der Waals surface area contributed by atoms with Gasteiger partial charge in [0.15, 0.2) is 5.76 Å². The fraction of sp³-hybridized carbons (Fsp3) is 0.571. The number of carbonyl (C=O) groups is 2. The van der Waals surface area contributed by atoms with Crippen LogP contribution in [0.5, 0.6) is 0 Å². The van der Waals surface area contributed by atoms with Crippen molar-refractivity contribution in [3.63, 3.8) is 0 Å². The Balaban J connectivity index is 1.37. The number of furan rings is 1. The van der Waals surface area contributed by atoms with E-state index in [1.54, 1.807) is 17.2 Å². The lowest BCUT2D eigenvalue weighted by atomic mass is 9.87. The van der Waals surface area contributed by atoms with Crippen LogP contribution < -0.4 is 0 Å². The maximum atomic E-state index is 12.9. The Bertz CT molecular complexity index is 879. The van der Waals surface area contributed by atoms with E-state index in [4.69, 9.17) is 9.15 Å². The highest BCUT2D eigenvalue weighted by atomic mass is 16.5. The average Bonchev–Trinajstić information content (AvgIpc) is 3.32. The number of hydrogen-bond acceptors (Lipinski definition) is 5. The summed E-state index contributed by atoms with van der Waals surface area (Å²) in [7, 11) is 0. The maximum absolute atomic E-state index is 12.9. The molecule has 0 saturated carbocycles. The molecule has 2 aliphatic heterocycles. The lowest BCUT2D eigenvalue weighted by Crippen LogP contribution is -2.49. The summed E-state index contributed by atoms with van der Waals surface area (Å²) in [6.45, 7) is 7.42. The molecule has 0 N–H and O–H groups in total. The van der Waals surface area contributed by atoms with Crippen molar-refractivity contribution >= 4 is 11.8 Å². The SMILES string of the molecule is CCn1ccc(CN2CCOC3(CCN(C(=O)c4occc4C)CC3)CC2=O)n1. The van der Waals surface area contributed by atoms with Crippen LogP contribution in [-0.4, -0.2) is 63.2 Å². The topological polar surface area (TPSA) is 80.8 Å². The molecule has 2 aromatic rings. The minimum atomic E-state index is -0.483. The van der Waals surface area contributed by atoms with Crippen LogP contribution in [0.4, 0.5) is 0 Å². The predicted octanol–water partition coefficient (Wildman–Crippen LogP) is 2.23. The average molecular weight is 400 g/mol. The molecule has 4 rings (SSSR count). The molecule has 0 aromatic carbocycles. The van der Waals surface area contributed by atoms with Crippen LogP contribution in [0, 0.1) is 6.92 Å². The van der Waals surface area contributed by atoms with Crippen LogP contribution in [0.15, 0.2) is 29.0 Å². The number of aromatic nitrogens is 2. The van der Waals surface area contributed by atoms with Crippen molar-refractivity contribution < 1.29 is 18.7 Å². The first-order chi connectivity index (χ1) is 14.0. The Kier molecular flexibility index (Phi) is 5.45. The Morgan fingerprint density at radius 1 is 1.24 bits per heavy atom. The second kappa shape index (κ2) is 8.02. The quantitative estimate of drug-likeness (QED) is 0.786. The van der Waals surface area contributed by atoms with Gasteiger partial charge in [0.1, 0.15) is 0 Å². The monoisotopic (exact) mass is 400 g/mol. The second-order valence-electron chi connectivity index (χ2n) is 7.91. The van der Waals surface area contributed by atoms with E-state index in [-0.39, 0.29) is 11.8 Å². The Hall–Kier alpha value is -2.61. The van der Waals surface area contributed by atoms with Gasteiger partial charge in [0.2, 0.25) is 5.91 Å². The van der Waals surface area contributed by atoms with Crippen molar-refractivity contribution in [2.45, 2.75) is 51.8 Å². The molecule has 8 nitrogen and oxygen atoms in total. The van der Waals surface area contributed by atoms with Crippen LogP contribution in [0.3, 0.4) is 0 Å². The summed E-state index contributed by atoms with van der Waals surface area (Å²) in [6, 6.07) is 3.75. The van der Waals surface area contributed by atoms with E-state index in [0.717, 1.165) is 17.8 Å². The lowest BCUT2D eigenvalue weighted by Gasteiger charge is -2.40. The zero-order chi connectivity index (χ0) is 20.4. The van der Waals surface area contributed by atoms with Crippen molar-refractivity contribution in [3.05, 3.63) is 41.6 Å². The third-order valence-corrected chi connectivity index (χ3v) is 5.99. The maximum Gasteiger partial charge on any atom is 0.289 e. The van der Waals surface area contributed by atoms with Crippen LogP contribution in [0.25, 0.3) is 0 Å². The van der Waals surface area contributed by atoms with Crippen molar-refractivity contribution in [1.29, 1.82) is 0 Å². The number of hydrogen-bond donors (Lipinski definition) is 0. The number of ether oxygens (including phenoxy) is 1. The second-order valence-corrected chi connectivity index (χ2v) is 7.91. The molecule has 2 amide bonds. The number of aryl methyl sites for hydroxylation is 2. The summed E-state index contributed by atoms with van der Waals surface area (Å²) in [6.07, 6.45) is 5.14. The van der Waals surface area contributed by atoms with E-state index in [9.17, 15) is 9.59 Å². The summed E-state index contributed by atoms with van der Waals surface area (Å²) in [4.78, 5) is 29.2. The zero-order valence-corrected chi connectivity index (χ0v) is 17.1. The van der Waals surface area contributed by atoms with Gasteiger partial charge in [-0.05, 0) is 38.8 Å². The number of likely N-dealkylation sites (tertiary alicyclic amines) is 1. The summed E-state index contributed by atoms with van der Waals surface area (Å²) in [5, 5.41) is 4.48. The van der Waals surface area contributed by atoms with E-state index in [0.29, 0.717) is 57.8 Å². The molecule has 1 spiro atoms. The standard InChI is InChI=1S/C21H28N4O4/c1-3-25-8-4-17(22-25)15-24-11-13-29-21(14-18(24)26)6-9-23(10-7-21)20(27)19-16(2)5-12-28-19/h4-5,8,12H,3,6-7,9-11,13-15H2,1-2H3. The summed E-state index contributed by atoms with van der Waals surface area (Å²) in [5.74, 6) is 0.405. The van der Waals surface area contributed by atoms with Gasteiger partial charge < -0.3 is 19.0 Å². The van der Waals surface area contributed by atoms with Gasteiger partial charge in [0, 0.05) is 37.9 Å². The smallest absolute Gasteiger partial charge is 0.289 e. The molecule has 156 valence electrons. The molecule has 2 saturated heterocycles. The summed E-state index contributed by atoms with van der Waals surface area (Å²) >= 11 is 0. The van der Waals surface area contributed by atoms with Crippen LogP contribution in [0.1, 0.15) is 48.0 Å². The largest absolute Gasteiger partial charge is 0.459 e. The molecule has 0 aliphatic carbocycles. The number of nitrogens with zero attached hydrogens (tertiary/aromatic N) is 4. The van der Waals surface area contributed by atoms with Gasteiger partial charge in [0.25, 0.3) is 5.91 Å². The van der Waals surface area contributed by atoms with Crippen LogP contribution in [-0.2, 0) is 22.6 Å². The van der Waals surface area contributed by atoms with Crippen molar-refractivity contribution in [3.8, 4) is 0 Å². The molecular weight excluding hydrogens is 372 g/mol. The molecule has 8 heteroatoms. The minimum absolute atomic E-state index is 0.0876. The lowest BCUT2D eigenvalue weighted by molar-refractivity contribution is -0.135. The molecule has 29 heavy (non-hydrogen) atoms. The predicted molar refractivity (Wildman–Crippen MR) is 105 cm³/mol. The van der Waals surface area contributed by atoms with Crippen LogP contribution >= 0.6 is 0 Å². The number of rotatable bonds is 4. The fourth-order valence-corrected chi connectivity index (χ4v) is 4.14. The van der Waals surface area contributed by atoms with E-state index in [2.05, 4.69) is 5.10 Å². The number of amides is 2. The number of carbonyl (C=O) groups excluding carboxylic acids is 2. The Morgan fingerprint density at radius 2 is 2.03 bits per heavy atom. The minimum Gasteiger partial charge on any atom is -0.459 e. The Morgan fingerprint density at radius 3 is 2.69 bits per heavy atom. The van der Waals surface area contributed by atoms with Gasteiger partial charge in [-0.25, -0.2) is 0 Å². The highest BCUT2D eigenvalue weighted by Crippen LogP contribution is 2.33. The van der Waals surface area contributed by atoms with Crippen LogP contribution in [0.2, 0.25) is 0 Å². The van der Waals surface area contributed by atoms with Gasteiger partial charge in [-0.15, -0.1) is 0 Å². The molecule has 2 aliphatic rings. The van der Waals surface area contributed by atoms with Gasteiger partial charge in [0.05, 0.1) is 37.1 Å². The molecule has 4 heterocycles. The van der Waals surface area contributed by atoms with Gasteiger partial charge in [-0.3, -0.25) is 14.3 Å². The normalized spacial score (nSPS) is 19.6. The van der Waals surface area contributed by atoms with Gasteiger partial charge in [-0.2, -0.15) is 5.10 Å². The zero-order valence-electron chi connectivity index (χ0n) is 17.1. The molecule has 0 unspecified atom stereocenters. The van der Waals surface area contributed by atoms with E-state index >= 15 is 0 Å². The Labute approximate surface area is 170 Å². The highest BCUT2D eigenvalue weighted by Gasteiger charge is 2.42. The van der Waals surface area contributed by atoms with Gasteiger partial charge >= 0.3 is 0 Å². The van der Waals surface area contributed by atoms with Crippen molar-refractivity contribution in [2.24, 2.45) is 0 Å². The van der Waals surface area contributed by atoms with Crippen molar-refractivity contribution in [1.82, 2.24) is 19.6 Å². The van der Waals surface area contributed by atoms with Gasteiger partial charge in [-0.1, -0.05) is 0 Å². The summed E-state index contributed by atoms with van der Waals surface area (Å²) in [5.41, 5.74) is 1.26. The third-order valence-electron chi connectivity index (χ3n) is 5.99. The van der Waals surface area contributed by atoms with Crippen molar-refractivity contribution in [2.75, 3.05) is 26.2 Å². The summed E-state index contributed by atoms with van der Waals surface area (Å²) < 4.78 is 13.4.